The molecule has 1 aliphatic rings. The van der Waals surface area contributed by atoms with Gasteiger partial charge in [-0.05, 0) is 31.5 Å². The third kappa shape index (κ3) is 3.48. The molecule has 2 heterocycles. The highest BCUT2D eigenvalue weighted by molar-refractivity contribution is 6.28. The summed E-state index contributed by atoms with van der Waals surface area (Å²) in [6.45, 7) is 3.96. The standard InChI is InChI=1S/C9H13ClN4.ClH/c1-6-4-8(14-9(10)12-6)13-7-2-3-11-5-7;/h4,7,11H,2-3,5H2,1H3,(H,12,13,14);1H/t7-;/m1./s1. The van der Waals surface area contributed by atoms with Crippen molar-refractivity contribution >= 4 is 29.8 Å². The van der Waals surface area contributed by atoms with Crippen molar-refractivity contribution in [3.05, 3.63) is 17.0 Å². The molecule has 4 nitrogen and oxygen atoms in total. The van der Waals surface area contributed by atoms with E-state index in [2.05, 4.69) is 20.6 Å². The van der Waals surface area contributed by atoms with Crippen LogP contribution in [0.5, 0.6) is 0 Å². The third-order valence-electron chi connectivity index (χ3n) is 2.24. The Labute approximate surface area is 100 Å². The molecule has 0 radical (unpaired) electrons. The zero-order chi connectivity index (χ0) is 9.97. The van der Waals surface area contributed by atoms with Crippen LogP contribution in [0.1, 0.15) is 12.1 Å². The molecule has 6 heteroatoms. The van der Waals surface area contributed by atoms with E-state index in [-0.39, 0.29) is 12.4 Å². The summed E-state index contributed by atoms with van der Waals surface area (Å²) in [6, 6.07) is 2.37. The molecular weight excluding hydrogens is 235 g/mol. The Morgan fingerprint density at radius 3 is 2.93 bits per heavy atom. The molecule has 2 rings (SSSR count). The van der Waals surface area contributed by atoms with Gasteiger partial charge in [0, 0.05) is 24.3 Å². The Kier molecular flexibility index (Phi) is 4.57. The predicted molar refractivity (Wildman–Crippen MR) is 63.9 cm³/mol. The molecule has 0 amide bonds. The van der Waals surface area contributed by atoms with Crippen molar-refractivity contribution in [2.75, 3.05) is 18.4 Å². The molecule has 84 valence electrons. The first-order valence-electron chi connectivity index (χ1n) is 4.72. The minimum absolute atomic E-state index is 0. The highest BCUT2D eigenvalue weighted by Crippen LogP contribution is 2.12. The molecule has 2 N–H and O–H groups in total. The van der Waals surface area contributed by atoms with Gasteiger partial charge in [0.25, 0.3) is 0 Å². The van der Waals surface area contributed by atoms with Crippen molar-refractivity contribution in [2.45, 2.75) is 19.4 Å². The Bertz CT molecular complexity index is 306. The lowest BCUT2D eigenvalue weighted by molar-refractivity contribution is 0.786. The van der Waals surface area contributed by atoms with E-state index in [0.29, 0.717) is 11.3 Å². The first-order chi connectivity index (χ1) is 6.74. The van der Waals surface area contributed by atoms with Crippen LogP contribution in [0.2, 0.25) is 5.28 Å². The maximum atomic E-state index is 5.76. The molecule has 0 saturated carbocycles. The summed E-state index contributed by atoms with van der Waals surface area (Å²) in [5.74, 6) is 0.816. The molecule has 1 aliphatic heterocycles. The summed E-state index contributed by atoms with van der Waals surface area (Å²) in [6.07, 6.45) is 1.13. The van der Waals surface area contributed by atoms with Crippen LogP contribution in [0.4, 0.5) is 5.82 Å². The quantitative estimate of drug-likeness (QED) is 0.782. The van der Waals surface area contributed by atoms with Crippen LogP contribution in [0.15, 0.2) is 6.07 Å². The molecule has 1 fully saturated rings. The van der Waals surface area contributed by atoms with Crippen LogP contribution in [0.3, 0.4) is 0 Å². The summed E-state index contributed by atoms with van der Waals surface area (Å²) < 4.78 is 0. The summed E-state index contributed by atoms with van der Waals surface area (Å²) in [4.78, 5) is 8.12. The summed E-state index contributed by atoms with van der Waals surface area (Å²) >= 11 is 5.76. The lowest BCUT2D eigenvalue weighted by atomic mass is 10.2. The highest BCUT2D eigenvalue weighted by atomic mass is 35.5. The minimum Gasteiger partial charge on any atom is -0.366 e. The first-order valence-corrected chi connectivity index (χ1v) is 5.10. The van der Waals surface area contributed by atoms with Gasteiger partial charge in [-0.15, -0.1) is 12.4 Å². The van der Waals surface area contributed by atoms with Crippen LogP contribution in [-0.2, 0) is 0 Å². The van der Waals surface area contributed by atoms with Gasteiger partial charge in [0.2, 0.25) is 5.28 Å². The van der Waals surface area contributed by atoms with Gasteiger partial charge in [-0.1, -0.05) is 0 Å². The molecule has 1 aromatic rings. The second kappa shape index (κ2) is 5.49. The third-order valence-corrected chi connectivity index (χ3v) is 2.41. The molecule has 0 unspecified atom stereocenters. The fourth-order valence-corrected chi connectivity index (χ4v) is 1.82. The molecular formula is C9H14Cl2N4. The van der Waals surface area contributed by atoms with Crippen molar-refractivity contribution in [1.82, 2.24) is 15.3 Å². The van der Waals surface area contributed by atoms with Gasteiger partial charge in [-0.3, -0.25) is 0 Å². The van der Waals surface area contributed by atoms with Crippen LogP contribution in [0, 0.1) is 6.92 Å². The summed E-state index contributed by atoms with van der Waals surface area (Å²) in [5, 5.41) is 6.91. The SMILES string of the molecule is Cc1cc(N[C@@H]2CCNC2)nc(Cl)n1.Cl. The molecule has 1 atom stereocenters. The Morgan fingerprint density at radius 2 is 2.33 bits per heavy atom. The summed E-state index contributed by atoms with van der Waals surface area (Å²) in [7, 11) is 0. The Hall–Kier alpha value is -0.580. The van der Waals surface area contributed by atoms with E-state index in [1.54, 1.807) is 0 Å². The van der Waals surface area contributed by atoms with Gasteiger partial charge < -0.3 is 10.6 Å². The van der Waals surface area contributed by atoms with Crippen LogP contribution >= 0.6 is 24.0 Å². The predicted octanol–water partition coefficient (Wildman–Crippen LogP) is 1.63. The van der Waals surface area contributed by atoms with Gasteiger partial charge in [-0.2, -0.15) is 0 Å². The normalized spacial score (nSPS) is 19.7. The number of hydrogen-bond acceptors (Lipinski definition) is 4. The zero-order valence-electron chi connectivity index (χ0n) is 8.46. The number of halogens is 2. The first kappa shape index (κ1) is 12.5. The second-order valence-electron chi connectivity index (χ2n) is 3.50. The highest BCUT2D eigenvalue weighted by Gasteiger charge is 2.14. The fraction of sp³-hybridized carbons (Fsp3) is 0.556. The molecule has 1 saturated heterocycles. The summed E-state index contributed by atoms with van der Waals surface area (Å²) in [5.41, 5.74) is 0.887. The molecule has 0 aromatic carbocycles. The van der Waals surface area contributed by atoms with Gasteiger partial charge >= 0.3 is 0 Å². The average Bonchev–Trinajstić information content (AvgIpc) is 2.54. The van der Waals surface area contributed by atoms with E-state index >= 15 is 0 Å². The number of hydrogen-bond donors (Lipinski definition) is 2. The maximum absolute atomic E-state index is 5.76. The monoisotopic (exact) mass is 248 g/mol. The second-order valence-corrected chi connectivity index (χ2v) is 3.84. The lowest BCUT2D eigenvalue weighted by Gasteiger charge is -2.11. The van der Waals surface area contributed by atoms with Gasteiger partial charge in [0.1, 0.15) is 5.82 Å². The van der Waals surface area contributed by atoms with E-state index in [0.717, 1.165) is 31.0 Å². The van der Waals surface area contributed by atoms with Crippen LogP contribution in [0.25, 0.3) is 0 Å². The number of rotatable bonds is 2. The lowest BCUT2D eigenvalue weighted by Crippen LogP contribution is -2.22. The maximum Gasteiger partial charge on any atom is 0.224 e. The number of aryl methyl sites for hydroxylation is 1. The van der Waals surface area contributed by atoms with Crippen molar-refractivity contribution in [3.63, 3.8) is 0 Å². The topological polar surface area (TPSA) is 49.8 Å². The molecule has 0 bridgehead atoms. The number of anilines is 1. The van der Waals surface area contributed by atoms with Crippen molar-refractivity contribution in [3.8, 4) is 0 Å². The van der Waals surface area contributed by atoms with Gasteiger partial charge in [0.05, 0.1) is 0 Å². The van der Waals surface area contributed by atoms with E-state index in [1.807, 2.05) is 13.0 Å². The minimum atomic E-state index is 0. The van der Waals surface area contributed by atoms with E-state index in [1.165, 1.54) is 0 Å². The van der Waals surface area contributed by atoms with E-state index in [9.17, 15) is 0 Å². The molecule has 1 aromatic heterocycles. The van der Waals surface area contributed by atoms with Crippen LogP contribution < -0.4 is 10.6 Å². The zero-order valence-corrected chi connectivity index (χ0v) is 10.0. The Morgan fingerprint density at radius 1 is 1.53 bits per heavy atom. The van der Waals surface area contributed by atoms with E-state index in [4.69, 9.17) is 11.6 Å². The molecule has 0 spiro atoms. The van der Waals surface area contributed by atoms with Crippen LogP contribution in [-0.4, -0.2) is 29.1 Å². The molecule has 0 aliphatic carbocycles. The van der Waals surface area contributed by atoms with Crippen molar-refractivity contribution in [1.29, 1.82) is 0 Å². The number of aromatic nitrogens is 2. The Balaban J connectivity index is 0.00000112. The van der Waals surface area contributed by atoms with Gasteiger partial charge in [-0.25, -0.2) is 9.97 Å². The largest absolute Gasteiger partial charge is 0.366 e. The number of nitrogens with zero attached hydrogens (tertiary/aromatic N) is 2. The van der Waals surface area contributed by atoms with Crippen molar-refractivity contribution in [2.24, 2.45) is 0 Å². The fourth-order valence-electron chi connectivity index (χ4n) is 1.59. The number of nitrogens with one attached hydrogen (secondary N) is 2. The molecule has 15 heavy (non-hydrogen) atoms. The van der Waals surface area contributed by atoms with Crippen molar-refractivity contribution < 1.29 is 0 Å². The smallest absolute Gasteiger partial charge is 0.224 e. The van der Waals surface area contributed by atoms with Gasteiger partial charge in [0.15, 0.2) is 0 Å². The average molecular weight is 249 g/mol. The van der Waals surface area contributed by atoms with E-state index < -0.39 is 0 Å².